The molecule has 120 valence electrons. The number of rotatable bonds is 6. The van der Waals surface area contributed by atoms with Crippen molar-refractivity contribution in [1.82, 2.24) is 15.2 Å². The van der Waals surface area contributed by atoms with Crippen LogP contribution in [0, 0.1) is 0 Å². The summed E-state index contributed by atoms with van der Waals surface area (Å²) in [7, 11) is 0. The second-order valence-corrected chi connectivity index (χ2v) is 5.67. The average molecular weight is 327 g/mol. The second kappa shape index (κ2) is 7.42. The van der Waals surface area contributed by atoms with Gasteiger partial charge in [-0.3, -0.25) is 15.0 Å². The van der Waals surface area contributed by atoms with Crippen LogP contribution < -0.4 is 10.6 Å². The third-order valence-corrected chi connectivity index (χ3v) is 3.91. The Hall–Kier alpha value is -1.86. The fraction of sp³-hybridized carbons (Fsp3) is 0.500. The molecule has 1 aromatic heterocycles. The van der Waals surface area contributed by atoms with Crippen LogP contribution in [-0.2, 0) is 4.79 Å². The van der Waals surface area contributed by atoms with Crippen molar-refractivity contribution in [3.8, 4) is 0 Å². The van der Waals surface area contributed by atoms with Crippen LogP contribution in [0.25, 0.3) is 0 Å². The second-order valence-electron chi connectivity index (χ2n) is 5.24. The third kappa shape index (κ3) is 4.57. The van der Waals surface area contributed by atoms with Crippen molar-refractivity contribution in [2.75, 3.05) is 18.4 Å². The molecule has 0 saturated heterocycles. The molecule has 0 aromatic carbocycles. The number of urea groups is 1. The number of hydrogen-bond acceptors (Lipinski definition) is 4. The molecule has 1 heterocycles. The van der Waals surface area contributed by atoms with E-state index in [9.17, 15) is 9.59 Å². The van der Waals surface area contributed by atoms with Crippen LogP contribution in [0.3, 0.4) is 0 Å². The molecule has 7 nitrogen and oxygen atoms in total. The van der Waals surface area contributed by atoms with Crippen molar-refractivity contribution in [2.24, 2.45) is 0 Å². The molecule has 0 atom stereocenters. The molecule has 0 radical (unpaired) electrons. The monoisotopic (exact) mass is 326 g/mol. The number of nitrogens with zero attached hydrogens (tertiary/aromatic N) is 2. The van der Waals surface area contributed by atoms with Crippen molar-refractivity contribution in [2.45, 2.75) is 31.8 Å². The summed E-state index contributed by atoms with van der Waals surface area (Å²) in [5, 5.41) is 14.8. The number of anilines is 1. The zero-order chi connectivity index (χ0) is 16.1. The van der Waals surface area contributed by atoms with E-state index in [0.29, 0.717) is 17.4 Å². The number of likely N-dealkylation sites (N-methyl/N-ethyl adjacent to an activating group) is 1. The molecule has 1 aliphatic rings. The highest BCUT2D eigenvalue weighted by atomic mass is 35.5. The van der Waals surface area contributed by atoms with Gasteiger partial charge in [0.25, 0.3) is 0 Å². The van der Waals surface area contributed by atoms with E-state index in [1.807, 2.05) is 11.8 Å². The fourth-order valence-electron chi connectivity index (χ4n) is 2.49. The summed E-state index contributed by atoms with van der Waals surface area (Å²) in [4.78, 5) is 28.5. The van der Waals surface area contributed by atoms with E-state index < -0.39 is 5.97 Å². The minimum atomic E-state index is -0.831. The molecule has 2 amide bonds. The van der Waals surface area contributed by atoms with Crippen molar-refractivity contribution in [3.63, 3.8) is 0 Å². The summed E-state index contributed by atoms with van der Waals surface area (Å²) in [6.45, 7) is 2.65. The van der Waals surface area contributed by atoms with Crippen LogP contribution in [0.1, 0.15) is 19.8 Å². The molecule has 2 rings (SSSR count). The Morgan fingerprint density at radius 1 is 1.50 bits per heavy atom. The number of carboxylic acids is 1. The van der Waals surface area contributed by atoms with Gasteiger partial charge in [0.15, 0.2) is 0 Å². The topological polar surface area (TPSA) is 94.6 Å². The molecule has 0 aliphatic heterocycles. The molecule has 1 aliphatic carbocycles. The highest BCUT2D eigenvalue weighted by molar-refractivity contribution is 6.30. The maximum atomic E-state index is 11.8. The lowest BCUT2D eigenvalue weighted by molar-refractivity contribution is -0.139. The molecular weight excluding hydrogens is 308 g/mol. The van der Waals surface area contributed by atoms with Crippen LogP contribution in [-0.4, -0.2) is 52.2 Å². The zero-order valence-electron chi connectivity index (χ0n) is 12.3. The predicted octanol–water partition coefficient (Wildman–Crippen LogP) is 1.79. The quantitative estimate of drug-likeness (QED) is 0.741. The molecule has 0 spiro atoms. The van der Waals surface area contributed by atoms with Crippen LogP contribution in [0.5, 0.6) is 0 Å². The standard InChI is InChI=1S/C14H19ClN4O3/c1-2-19(8-13(20)21)11-6-10(7-11)17-14(22)18-12-5-9(15)3-4-16-12/h3-5,10-11H,2,6-8H2,1H3,(H,20,21)(H2,16,17,18,22). The maximum absolute atomic E-state index is 11.8. The molecule has 22 heavy (non-hydrogen) atoms. The lowest BCUT2D eigenvalue weighted by Crippen LogP contribution is -2.55. The normalized spacial score (nSPS) is 20.3. The minimum absolute atomic E-state index is 0.0342. The number of carbonyl (C=O) groups excluding carboxylic acids is 1. The molecule has 1 fully saturated rings. The highest BCUT2D eigenvalue weighted by Gasteiger charge is 2.34. The highest BCUT2D eigenvalue weighted by Crippen LogP contribution is 2.25. The first kappa shape index (κ1) is 16.5. The van der Waals surface area contributed by atoms with Crippen molar-refractivity contribution in [3.05, 3.63) is 23.4 Å². The first-order valence-electron chi connectivity index (χ1n) is 7.12. The van der Waals surface area contributed by atoms with Crippen molar-refractivity contribution >= 4 is 29.4 Å². The maximum Gasteiger partial charge on any atom is 0.320 e. The molecule has 0 bridgehead atoms. The Balaban J connectivity index is 1.75. The lowest BCUT2D eigenvalue weighted by Gasteiger charge is -2.42. The number of nitrogens with one attached hydrogen (secondary N) is 2. The Morgan fingerprint density at radius 2 is 2.23 bits per heavy atom. The summed E-state index contributed by atoms with van der Waals surface area (Å²) in [6, 6.07) is 3.11. The van der Waals surface area contributed by atoms with Crippen LogP contribution in [0.15, 0.2) is 18.3 Å². The van der Waals surface area contributed by atoms with E-state index in [1.165, 1.54) is 6.20 Å². The van der Waals surface area contributed by atoms with Crippen LogP contribution in [0.2, 0.25) is 5.02 Å². The van der Waals surface area contributed by atoms with Gasteiger partial charge in [-0.25, -0.2) is 9.78 Å². The van der Waals surface area contributed by atoms with Gasteiger partial charge in [0.1, 0.15) is 5.82 Å². The van der Waals surface area contributed by atoms with E-state index in [-0.39, 0.29) is 24.7 Å². The Kier molecular flexibility index (Phi) is 5.57. The number of aromatic nitrogens is 1. The van der Waals surface area contributed by atoms with E-state index in [2.05, 4.69) is 15.6 Å². The zero-order valence-corrected chi connectivity index (χ0v) is 13.0. The van der Waals surface area contributed by atoms with Gasteiger partial charge < -0.3 is 10.4 Å². The van der Waals surface area contributed by atoms with Gasteiger partial charge in [-0.1, -0.05) is 18.5 Å². The molecule has 0 unspecified atom stereocenters. The Morgan fingerprint density at radius 3 is 2.82 bits per heavy atom. The molecule has 1 aromatic rings. The predicted molar refractivity (Wildman–Crippen MR) is 83.1 cm³/mol. The average Bonchev–Trinajstić information content (AvgIpc) is 2.40. The van der Waals surface area contributed by atoms with E-state index >= 15 is 0 Å². The van der Waals surface area contributed by atoms with Crippen molar-refractivity contribution < 1.29 is 14.7 Å². The van der Waals surface area contributed by atoms with Crippen LogP contribution in [0.4, 0.5) is 10.6 Å². The van der Waals surface area contributed by atoms with Gasteiger partial charge in [0.2, 0.25) is 0 Å². The summed E-state index contributed by atoms with van der Waals surface area (Å²) in [5.41, 5.74) is 0. The van der Waals surface area contributed by atoms with Gasteiger partial charge in [-0.15, -0.1) is 0 Å². The Labute approximate surface area is 133 Å². The number of amides is 2. The lowest BCUT2D eigenvalue weighted by atomic mass is 9.85. The van der Waals surface area contributed by atoms with Gasteiger partial charge in [-0.05, 0) is 31.5 Å². The number of carbonyl (C=O) groups is 2. The number of pyridine rings is 1. The van der Waals surface area contributed by atoms with E-state index in [4.69, 9.17) is 16.7 Å². The minimum Gasteiger partial charge on any atom is -0.480 e. The number of carboxylic acid groups (broad SMARTS) is 1. The number of hydrogen-bond donors (Lipinski definition) is 3. The first-order chi connectivity index (χ1) is 10.5. The molecule has 1 saturated carbocycles. The SMILES string of the molecule is CCN(CC(=O)O)C1CC(NC(=O)Nc2cc(Cl)ccn2)C1. The Bertz CT molecular complexity index is 549. The first-order valence-corrected chi connectivity index (χ1v) is 7.50. The van der Waals surface area contributed by atoms with E-state index in [1.54, 1.807) is 12.1 Å². The van der Waals surface area contributed by atoms with Gasteiger partial charge in [0.05, 0.1) is 6.54 Å². The molecular formula is C14H19ClN4O3. The number of halogens is 1. The number of aliphatic carboxylic acids is 1. The van der Waals surface area contributed by atoms with Crippen molar-refractivity contribution in [1.29, 1.82) is 0 Å². The summed E-state index contributed by atoms with van der Waals surface area (Å²) in [5.74, 6) is -0.440. The summed E-state index contributed by atoms with van der Waals surface area (Å²) in [6.07, 6.45) is 3.01. The molecule has 3 N–H and O–H groups in total. The van der Waals surface area contributed by atoms with Crippen LogP contribution >= 0.6 is 11.6 Å². The van der Waals surface area contributed by atoms with Gasteiger partial charge in [0, 0.05) is 23.3 Å². The third-order valence-electron chi connectivity index (χ3n) is 3.67. The molecule has 8 heteroatoms. The fourth-order valence-corrected chi connectivity index (χ4v) is 2.65. The summed E-state index contributed by atoms with van der Waals surface area (Å²) >= 11 is 5.82. The van der Waals surface area contributed by atoms with E-state index in [0.717, 1.165) is 12.8 Å². The largest absolute Gasteiger partial charge is 0.480 e. The summed E-state index contributed by atoms with van der Waals surface area (Å²) < 4.78 is 0. The smallest absolute Gasteiger partial charge is 0.320 e. The van der Waals surface area contributed by atoms with Gasteiger partial charge >= 0.3 is 12.0 Å². The van der Waals surface area contributed by atoms with Gasteiger partial charge in [-0.2, -0.15) is 0 Å².